The molecule has 0 amide bonds. The third kappa shape index (κ3) is 4.55. The first-order chi connectivity index (χ1) is 9.27. The second kappa shape index (κ2) is 7.16. The number of rotatable bonds is 7. The fourth-order valence-corrected chi connectivity index (χ4v) is 3.49. The number of hydrogen-bond donors (Lipinski definition) is 2. The topological polar surface area (TPSA) is 101 Å². The number of halogens is 1. The molecule has 9 heteroatoms. The Bertz CT molecular complexity index is 630. The molecule has 0 aliphatic rings. The van der Waals surface area contributed by atoms with Crippen LogP contribution in [0.2, 0.25) is 5.02 Å². The van der Waals surface area contributed by atoms with Crippen molar-refractivity contribution in [3.63, 3.8) is 0 Å². The average molecular weight is 340 g/mol. The Morgan fingerprint density at radius 1 is 1.45 bits per heavy atom. The summed E-state index contributed by atoms with van der Waals surface area (Å²) in [5, 5.41) is 8.65. The number of carboxylic acids is 1. The number of nitrogens with one attached hydrogen (secondary N) is 1. The van der Waals surface area contributed by atoms with E-state index in [-0.39, 0.29) is 27.8 Å². The molecule has 0 bridgehead atoms. The van der Waals surface area contributed by atoms with Gasteiger partial charge in [-0.05, 0) is 18.2 Å². The minimum Gasteiger partial charge on any atom is -0.478 e. The van der Waals surface area contributed by atoms with Gasteiger partial charge in [-0.25, -0.2) is 17.9 Å². The van der Waals surface area contributed by atoms with E-state index < -0.39 is 26.8 Å². The maximum absolute atomic E-state index is 11.9. The highest BCUT2D eigenvalue weighted by molar-refractivity contribution is 7.89. The lowest BCUT2D eigenvalue weighted by Crippen LogP contribution is -2.28. The summed E-state index contributed by atoms with van der Waals surface area (Å²) < 4.78 is 37.3. The van der Waals surface area contributed by atoms with E-state index >= 15 is 0 Å². The van der Waals surface area contributed by atoms with E-state index in [1.807, 2.05) is 0 Å². The number of carbonyl (C=O) groups is 1. The van der Waals surface area contributed by atoms with Crippen molar-refractivity contribution >= 4 is 38.4 Å². The van der Waals surface area contributed by atoms with Crippen molar-refractivity contribution in [3.05, 3.63) is 28.8 Å². The van der Waals surface area contributed by atoms with Crippen molar-refractivity contribution in [1.82, 2.24) is 4.72 Å². The van der Waals surface area contributed by atoms with Crippen LogP contribution in [0.5, 0.6) is 0 Å². The van der Waals surface area contributed by atoms with Gasteiger partial charge in [0.2, 0.25) is 10.0 Å². The minimum atomic E-state index is -3.79. The van der Waals surface area contributed by atoms with E-state index in [0.29, 0.717) is 5.75 Å². The van der Waals surface area contributed by atoms with Crippen molar-refractivity contribution in [1.29, 1.82) is 0 Å². The number of sulfonamides is 1. The normalized spacial score (nSPS) is 13.1. The largest absolute Gasteiger partial charge is 0.478 e. The highest BCUT2D eigenvalue weighted by Crippen LogP contribution is 2.20. The summed E-state index contributed by atoms with van der Waals surface area (Å²) in [5.74, 6) is -0.553. The molecule has 0 saturated carbocycles. The van der Waals surface area contributed by atoms with Crippen LogP contribution in [-0.4, -0.2) is 41.8 Å². The van der Waals surface area contributed by atoms with E-state index in [9.17, 15) is 17.4 Å². The van der Waals surface area contributed by atoms with Gasteiger partial charge in [-0.1, -0.05) is 18.5 Å². The zero-order valence-corrected chi connectivity index (χ0v) is 13.0. The summed E-state index contributed by atoms with van der Waals surface area (Å²) in [6.45, 7) is 1.79. The Labute approximate surface area is 124 Å². The molecule has 0 aromatic heterocycles. The van der Waals surface area contributed by atoms with E-state index in [1.54, 1.807) is 6.92 Å². The summed E-state index contributed by atoms with van der Waals surface area (Å²) in [7, 11) is -4.85. The summed E-state index contributed by atoms with van der Waals surface area (Å²) in [5.41, 5.74) is -0.169. The maximum atomic E-state index is 11.9. The highest BCUT2D eigenvalue weighted by atomic mass is 35.5. The Morgan fingerprint density at radius 2 is 2.10 bits per heavy atom. The zero-order valence-electron chi connectivity index (χ0n) is 10.6. The number of aromatic carboxylic acids is 1. The van der Waals surface area contributed by atoms with Crippen LogP contribution >= 0.6 is 11.6 Å². The fourth-order valence-electron chi connectivity index (χ4n) is 1.35. The molecule has 0 saturated heterocycles. The van der Waals surface area contributed by atoms with Gasteiger partial charge in [0.1, 0.15) is 0 Å². The van der Waals surface area contributed by atoms with Crippen LogP contribution in [0, 0.1) is 0 Å². The predicted octanol–water partition coefficient (Wildman–Crippen LogP) is 1.09. The molecule has 0 fully saturated rings. The quantitative estimate of drug-likeness (QED) is 0.774. The molecular formula is C11H14ClNO5S2. The van der Waals surface area contributed by atoms with E-state index in [4.69, 9.17) is 16.7 Å². The van der Waals surface area contributed by atoms with Crippen LogP contribution < -0.4 is 4.72 Å². The molecule has 6 nitrogen and oxygen atoms in total. The molecular weight excluding hydrogens is 326 g/mol. The molecule has 2 N–H and O–H groups in total. The van der Waals surface area contributed by atoms with Gasteiger partial charge in [-0.15, -0.1) is 0 Å². The van der Waals surface area contributed by atoms with E-state index in [1.165, 1.54) is 0 Å². The third-order valence-electron chi connectivity index (χ3n) is 2.43. The van der Waals surface area contributed by atoms with Crippen molar-refractivity contribution < 1.29 is 22.5 Å². The molecule has 0 spiro atoms. The summed E-state index contributed by atoms with van der Waals surface area (Å²) in [4.78, 5) is 10.6. The van der Waals surface area contributed by atoms with Gasteiger partial charge in [0, 0.05) is 28.9 Å². The molecule has 0 aliphatic heterocycles. The van der Waals surface area contributed by atoms with E-state index in [0.717, 1.165) is 18.2 Å². The van der Waals surface area contributed by atoms with Crippen LogP contribution in [0.4, 0.5) is 0 Å². The molecule has 0 radical (unpaired) electrons. The SMILES string of the molecule is CCS(=O)CCNS(=O)(=O)c1ccc(C(=O)O)c(Cl)c1. The van der Waals surface area contributed by atoms with Gasteiger partial charge in [-0.2, -0.15) is 0 Å². The molecule has 1 aromatic carbocycles. The highest BCUT2D eigenvalue weighted by Gasteiger charge is 2.17. The Kier molecular flexibility index (Phi) is 6.12. The number of hydrogen-bond acceptors (Lipinski definition) is 4. The molecule has 112 valence electrons. The number of benzene rings is 1. The molecule has 1 unspecified atom stereocenters. The first-order valence-electron chi connectivity index (χ1n) is 5.65. The van der Waals surface area contributed by atoms with Crippen LogP contribution in [0.25, 0.3) is 0 Å². The van der Waals surface area contributed by atoms with Gasteiger partial charge in [0.25, 0.3) is 0 Å². The van der Waals surface area contributed by atoms with Gasteiger partial charge in [0.05, 0.1) is 15.5 Å². The molecule has 1 aromatic rings. The third-order valence-corrected chi connectivity index (χ3v) is 5.50. The van der Waals surface area contributed by atoms with Crippen LogP contribution in [0.3, 0.4) is 0 Å². The molecule has 20 heavy (non-hydrogen) atoms. The predicted molar refractivity (Wildman–Crippen MR) is 77.2 cm³/mol. The molecule has 1 atom stereocenters. The maximum Gasteiger partial charge on any atom is 0.337 e. The number of carboxylic acid groups (broad SMARTS) is 1. The summed E-state index contributed by atoms with van der Waals surface area (Å²) in [6, 6.07) is 3.36. The first kappa shape index (κ1) is 17.1. The van der Waals surface area contributed by atoms with Gasteiger partial charge >= 0.3 is 5.97 Å². The first-order valence-corrected chi connectivity index (χ1v) is 9.00. The Balaban J connectivity index is 2.85. The summed E-state index contributed by atoms with van der Waals surface area (Å²) in [6.07, 6.45) is 0. The monoisotopic (exact) mass is 339 g/mol. The Morgan fingerprint density at radius 3 is 2.60 bits per heavy atom. The average Bonchev–Trinajstić information content (AvgIpc) is 2.37. The van der Waals surface area contributed by atoms with Crippen molar-refractivity contribution in [2.24, 2.45) is 0 Å². The van der Waals surface area contributed by atoms with Crippen molar-refractivity contribution in [2.75, 3.05) is 18.1 Å². The Hall–Kier alpha value is -0.960. The molecule has 0 aliphatic carbocycles. The van der Waals surface area contributed by atoms with Gasteiger partial charge < -0.3 is 5.11 Å². The zero-order chi connectivity index (χ0) is 15.3. The standard InChI is InChI=1S/C11H14ClNO5S2/c1-2-19(16)6-5-13-20(17,18)8-3-4-9(11(14)15)10(12)7-8/h3-4,7,13H,2,5-6H2,1H3,(H,14,15). The van der Waals surface area contributed by atoms with Crippen LogP contribution in [-0.2, 0) is 20.8 Å². The summed E-state index contributed by atoms with van der Waals surface area (Å²) >= 11 is 5.72. The lowest BCUT2D eigenvalue weighted by molar-refractivity contribution is 0.0697. The lowest BCUT2D eigenvalue weighted by Gasteiger charge is -2.07. The molecule has 1 rings (SSSR count). The van der Waals surface area contributed by atoms with Crippen LogP contribution in [0.15, 0.2) is 23.1 Å². The fraction of sp³-hybridized carbons (Fsp3) is 0.364. The van der Waals surface area contributed by atoms with Crippen molar-refractivity contribution in [3.8, 4) is 0 Å². The minimum absolute atomic E-state index is 0.0427. The smallest absolute Gasteiger partial charge is 0.337 e. The lowest BCUT2D eigenvalue weighted by atomic mass is 10.2. The van der Waals surface area contributed by atoms with Gasteiger partial charge in [-0.3, -0.25) is 4.21 Å². The second-order valence-corrected chi connectivity index (χ2v) is 7.82. The van der Waals surface area contributed by atoms with Crippen molar-refractivity contribution in [2.45, 2.75) is 11.8 Å². The van der Waals surface area contributed by atoms with E-state index in [2.05, 4.69) is 4.72 Å². The van der Waals surface area contributed by atoms with Crippen LogP contribution in [0.1, 0.15) is 17.3 Å². The molecule has 0 heterocycles. The van der Waals surface area contributed by atoms with Gasteiger partial charge in [0.15, 0.2) is 0 Å². The second-order valence-electron chi connectivity index (χ2n) is 3.78.